The highest BCUT2D eigenvalue weighted by molar-refractivity contribution is 7.93. The minimum absolute atomic E-state index is 0.104. The first kappa shape index (κ1) is 18.9. The molecule has 1 heterocycles. The molecule has 0 aliphatic heterocycles. The molecule has 1 aromatic heterocycles. The largest absolute Gasteiger partial charge is 0.282 e. The standard InChI is InChI=1S/C16H17N5O4S2/c1-2-21-17-12-16(18-21)27(24,25)20-14-8-6-7-13(11-14)19-26(22,23)15-9-4-3-5-10-15/h3-12,19-20H,2H2,1H3. The van der Waals surface area contributed by atoms with Gasteiger partial charge in [0, 0.05) is 0 Å². The SMILES string of the molecule is CCn1ncc(S(=O)(=O)Nc2cccc(NS(=O)(=O)c3ccccc3)c2)n1. The Balaban J connectivity index is 1.81. The zero-order valence-corrected chi connectivity index (χ0v) is 15.9. The van der Waals surface area contributed by atoms with Gasteiger partial charge in [0.05, 0.1) is 29.0 Å². The van der Waals surface area contributed by atoms with Crippen LogP contribution in [-0.4, -0.2) is 31.8 Å². The third-order valence-corrected chi connectivity index (χ3v) is 6.13. The first-order chi connectivity index (χ1) is 12.8. The third-order valence-electron chi connectivity index (χ3n) is 3.49. The van der Waals surface area contributed by atoms with E-state index in [0.717, 1.165) is 6.20 Å². The highest BCUT2D eigenvalue weighted by atomic mass is 32.2. The lowest BCUT2D eigenvalue weighted by atomic mass is 10.3. The van der Waals surface area contributed by atoms with Gasteiger partial charge in [0.25, 0.3) is 20.0 Å². The predicted molar refractivity (Wildman–Crippen MR) is 100 cm³/mol. The molecule has 0 amide bonds. The van der Waals surface area contributed by atoms with Crippen molar-refractivity contribution in [3.05, 3.63) is 60.8 Å². The number of hydrogen-bond donors (Lipinski definition) is 2. The van der Waals surface area contributed by atoms with Crippen molar-refractivity contribution in [2.75, 3.05) is 9.44 Å². The molecular weight excluding hydrogens is 390 g/mol. The van der Waals surface area contributed by atoms with E-state index in [2.05, 4.69) is 19.6 Å². The number of aryl methyl sites for hydroxylation is 1. The van der Waals surface area contributed by atoms with E-state index in [9.17, 15) is 16.8 Å². The van der Waals surface area contributed by atoms with Gasteiger partial charge in [-0.1, -0.05) is 24.3 Å². The zero-order chi connectivity index (χ0) is 19.5. The number of nitrogens with zero attached hydrogens (tertiary/aromatic N) is 3. The molecule has 3 rings (SSSR count). The monoisotopic (exact) mass is 407 g/mol. The lowest BCUT2D eigenvalue weighted by Crippen LogP contribution is -2.15. The summed E-state index contributed by atoms with van der Waals surface area (Å²) in [5, 5.41) is 7.48. The second-order valence-electron chi connectivity index (χ2n) is 5.48. The summed E-state index contributed by atoms with van der Waals surface area (Å²) >= 11 is 0. The number of aromatic nitrogens is 3. The Hall–Kier alpha value is -2.92. The fourth-order valence-electron chi connectivity index (χ4n) is 2.22. The molecule has 2 aromatic carbocycles. The molecule has 0 atom stereocenters. The van der Waals surface area contributed by atoms with Crippen molar-refractivity contribution in [1.82, 2.24) is 15.0 Å². The fourth-order valence-corrected chi connectivity index (χ4v) is 4.22. The number of rotatable bonds is 7. The van der Waals surface area contributed by atoms with E-state index in [-0.39, 0.29) is 21.3 Å². The van der Waals surface area contributed by atoms with Crippen LogP contribution in [0.4, 0.5) is 11.4 Å². The van der Waals surface area contributed by atoms with E-state index in [1.807, 2.05) is 0 Å². The first-order valence-corrected chi connectivity index (χ1v) is 10.9. The molecule has 27 heavy (non-hydrogen) atoms. The van der Waals surface area contributed by atoms with Crippen molar-refractivity contribution >= 4 is 31.4 Å². The van der Waals surface area contributed by atoms with Crippen LogP contribution in [0.15, 0.2) is 70.7 Å². The average Bonchev–Trinajstić information content (AvgIpc) is 3.12. The summed E-state index contributed by atoms with van der Waals surface area (Å²) in [6.45, 7) is 2.22. The Bertz CT molecular complexity index is 1140. The molecule has 0 unspecified atom stereocenters. The van der Waals surface area contributed by atoms with Crippen LogP contribution >= 0.6 is 0 Å². The molecule has 0 radical (unpaired) electrons. The Morgan fingerprint density at radius 2 is 1.52 bits per heavy atom. The third kappa shape index (κ3) is 4.44. The topological polar surface area (TPSA) is 123 Å². The minimum Gasteiger partial charge on any atom is -0.280 e. The molecule has 3 aromatic rings. The summed E-state index contributed by atoms with van der Waals surface area (Å²) in [6.07, 6.45) is 1.15. The molecule has 0 saturated heterocycles. The minimum atomic E-state index is -3.94. The maximum absolute atomic E-state index is 12.4. The van der Waals surface area contributed by atoms with E-state index >= 15 is 0 Å². The molecule has 11 heteroatoms. The predicted octanol–water partition coefficient (Wildman–Crippen LogP) is 1.90. The van der Waals surface area contributed by atoms with Gasteiger partial charge in [0.15, 0.2) is 0 Å². The number of anilines is 2. The lowest BCUT2D eigenvalue weighted by Gasteiger charge is -2.10. The van der Waals surface area contributed by atoms with Gasteiger partial charge in [-0.2, -0.15) is 18.3 Å². The van der Waals surface area contributed by atoms with E-state index < -0.39 is 20.0 Å². The van der Waals surface area contributed by atoms with Crippen molar-refractivity contribution in [3.63, 3.8) is 0 Å². The normalized spacial score (nSPS) is 11.9. The maximum atomic E-state index is 12.4. The summed E-state index contributed by atoms with van der Waals surface area (Å²) in [5.74, 6) is 0. The molecule has 0 saturated carbocycles. The van der Waals surface area contributed by atoms with Crippen LogP contribution < -0.4 is 9.44 Å². The summed E-state index contributed by atoms with van der Waals surface area (Å²) in [7, 11) is -7.72. The number of hydrogen-bond acceptors (Lipinski definition) is 6. The van der Waals surface area contributed by atoms with Crippen molar-refractivity contribution in [1.29, 1.82) is 0 Å². The van der Waals surface area contributed by atoms with Crippen LogP contribution in [0.1, 0.15) is 6.92 Å². The molecule has 0 aliphatic carbocycles. The summed E-state index contributed by atoms with van der Waals surface area (Å²) in [5.41, 5.74) is 0.408. The van der Waals surface area contributed by atoms with Crippen LogP contribution in [-0.2, 0) is 26.6 Å². The van der Waals surface area contributed by atoms with Gasteiger partial charge in [0.2, 0.25) is 5.03 Å². The van der Waals surface area contributed by atoms with Crippen molar-refractivity contribution in [2.45, 2.75) is 23.4 Å². The number of sulfonamides is 2. The molecule has 0 aliphatic rings. The van der Waals surface area contributed by atoms with Crippen LogP contribution in [0.3, 0.4) is 0 Å². The second kappa shape index (κ2) is 7.37. The molecule has 2 N–H and O–H groups in total. The van der Waals surface area contributed by atoms with Gasteiger partial charge in [-0.15, -0.1) is 5.10 Å². The smallest absolute Gasteiger partial charge is 0.280 e. The average molecular weight is 407 g/mol. The van der Waals surface area contributed by atoms with Crippen LogP contribution in [0.25, 0.3) is 0 Å². The van der Waals surface area contributed by atoms with Gasteiger partial charge in [-0.05, 0) is 37.3 Å². The molecule has 142 valence electrons. The molecule has 0 spiro atoms. The maximum Gasteiger partial charge on any atom is 0.282 e. The van der Waals surface area contributed by atoms with E-state index in [0.29, 0.717) is 6.54 Å². The molecule has 0 fully saturated rings. The van der Waals surface area contributed by atoms with Gasteiger partial charge < -0.3 is 0 Å². The lowest BCUT2D eigenvalue weighted by molar-refractivity contribution is 0.551. The molecular formula is C16H17N5O4S2. The second-order valence-corrected chi connectivity index (χ2v) is 8.79. The Morgan fingerprint density at radius 1 is 0.889 bits per heavy atom. The highest BCUT2D eigenvalue weighted by Crippen LogP contribution is 2.21. The van der Waals surface area contributed by atoms with Gasteiger partial charge in [-0.3, -0.25) is 9.44 Å². The van der Waals surface area contributed by atoms with Gasteiger partial charge in [0.1, 0.15) is 0 Å². The molecule has 0 bridgehead atoms. The Kier molecular flexibility index (Phi) is 5.15. The summed E-state index contributed by atoms with van der Waals surface area (Å²) in [4.78, 5) is 1.35. The Morgan fingerprint density at radius 3 is 2.11 bits per heavy atom. The van der Waals surface area contributed by atoms with Crippen LogP contribution in [0.2, 0.25) is 0 Å². The van der Waals surface area contributed by atoms with Crippen LogP contribution in [0, 0.1) is 0 Å². The van der Waals surface area contributed by atoms with Gasteiger partial charge >= 0.3 is 0 Å². The Labute approximate surface area is 157 Å². The summed E-state index contributed by atoms with van der Waals surface area (Å²) in [6, 6.07) is 13.8. The zero-order valence-electron chi connectivity index (χ0n) is 14.3. The highest BCUT2D eigenvalue weighted by Gasteiger charge is 2.19. The van der Waals surface area contributed by atoms with E-state index in [1.165, 1.54) is 41.2 Å². The van der Waals surface area contributed by atoms with Crippen molar-refractivity contribution in [3.8, 4) is 0 Å². The van der Waals surface area contributed by atoms with E-state index in [4.69, 9.17) is 0 Å². The first-order valence-electron chi connectivity index (χ1n) is 7.91. The molecule has 9 nitrogen and oxygen atoms in total. The van der Waals surface area contributed by atoms with Gasteiger partial charge in [-0.25, -0.2) is 8.42 Å². The quantitative estimate of drug-likeness (QED) is 0.617. The van der Waals surface area contributed by atoms with Crippen LogP contribution in [0.5, 0.6) is 0 Å². The fraction of sp³-hybridized carbons (Fsp3) is 0.125. The number of nitrogens with one attached hydrogen (secondary N) is 2. The van der Waals surface area contributed by atoms with Crippen molar-refractivity contribution in [2.24, 2.45) is 0 Å². The van der Waals surface area contributed by atoms with Crippen molar-refractivity contribution < 1.29 is 16.8 Å². The van der Waals surface area contributed by atoms with E-state index in [1.54, 1.807) is 25.1 Å². The summed E-state index contributed by atoms with van der Waals surface area (Å²) < 4.78 is 54.3. The number of benzene rings is 2.